The lowest BCUT2D eigenvalue weighted by atomic mass is 9.85. The Hall–Kier alpha value is -1.38. The molecule has 0 amide bonds. The first kappa shape index (κ1) is 9.82. The van der Waals surface area contributed by atoms with Gasteiger partial charge in [-0.25, -0.2) is 9.37 Å². The Morgan fingerprint density at radius 3 is 2.94 bits per heavy atom. The number of nitrogens with zero attached hydrogens (tertiary/aromatic N) is 2. The lowest BCUT2D eigenvalue weighted by Gasteiger charge is -2.24. The van der Waals surface area contributed by atoms with Gasteiger partial charge < -0.3 is 4.57 Å². The molecular formula is C13H14FN2. The third kappa shape index (κ3) is 1.34. The molecule has 1 aromatic carbocycles. The molecule has 2 aromatic rings. The lowest BCUT2D eigenvalue weighted by molar-refractivity contribution is 0.504. The molecule has 83 valence electrons. The van der Waals surface area contributed by atoms with Crippen molar-refractivity contribution in [3.63, 3.8) is 0 Å². The highest BCUT2D eigenvalue weighted by molar-refractivity contribution is 5.76. The van der Waals surface area contributed by atoms with Crippen molar-refractivity contribution in [3.05, 3.63) is 36.3 Å². The first-order chi connectivity index (χ1) is 7.79. The molecule has 3 rings (SSSR count). The molecule has 0 bridgehead atoms. The Morgan fingerprint density at radius 1 is 1.50 bits per heavy atom. The molecule has 1 aliphatic carbocycles. The van der Waals surface area contributed by atoms with Crippen molar-refractivity contribution in [2.75, 3.05) is 0 Å². The van der Waals surface area contributed by atoms with Crippen molar-refractivity contribution in [1.82, 2.24) is 9.55 Å². The number of rotatable bonds is 2. The van der Waals surface area contributed by atoms with Crippen LogP contribution in [0.2, 0.25) is 0 Å². The van der Waals surface area contributed by atoms with E-state index in [1.54, 1.807) is 0 Å². The fraction of sp³-hybridized carbons (Fsp3) is 0.385. The van der Waals surface area contributed by atoms with E-state index in [0.29, 0.717) is 5.92 Å². The average Bonchev–Trinajstić information content (AvgIpc) is 2.52. The molecule has 0 saturated heterocycles. The SMILES string of the molecule is CCn1c(C2[CH]CC2)nc2cc(F)ccc21. The summed E-state index contributed by atoms with van der Waals surface area (Å²) >= 11 is 0. The third-order valence-corrected chi connectivity index (χ3v) is 3.32. The molecule has 2 nitrogen and oxygen atoms in total. The van der Waals surface area contributed by atoms with Crippen molar-refractivity contribution in [2.45, 2.75) is 32.2 Å². The molecule has 3 heteroatoms. The summed E-state index contributed by atoms with van der Waals surface area (Å²) in [6.45, 7) is 2.99. The fourth-order valence-electron chi connectivity index (χ4n) is 2.30. The van der Waals surface area contributed by atoms with Crippen LogP contribution in [0.3, 0.4) is 0 Å². The second-order valence-corrected chi connectivity index (χ2v) is 4.27. The molecule has 1 aromatic heterocycles. The minimum atomic E-state index is -0.211. The maximum Gasteiger partial charge on any atom is 0.125 e. The van der Waals surface area contributed by atoms with Crippen LogP contribution >= 0.6 is 0 Å². The predicted octanol–water partition coefficient (Wildman–Crippen LogP) is 3.28. The number of hydrogen-bond donors (Lipinski definition) is 0. The van der Waals surface area contributed by atoms with Crippen LogP contribution in [0.4, 0.5) is 4.39 Å². The molecule has 1 fully saturated rings. The van der Waals surface area contributed by atoms with Gasteiger partial charge in [-0.2, -0.15) is 0 Å². The van der Waals surface area contributed by atoms with Crippen molar-refractivity contribution < 1.29 is 4.39 Å². The van der Waals surface area contributed by atoms with E-state index in [4.69, 9.17) is 0 Å². The van der Waals surface area contributed by atoms with Gasteiger partial charge in [0, 0.05) is 18.5 Å². The van der Waals surface area contributed by atoms with Crippen LogP contribution in [-0.4, -0.2) is 9.55 Å². The summed E-state index contributed by atoms with van der Waals surface area (Å²) in [5.41, 5.74) is 1.82. The summed E-state index contributed by atoms with van der Waals surface area (Å²) in [7, 11) is 0. The second kappa shape index (κ2) is 3.58. The van der Waals surface area contributed by atoms with Crippen LogP contribution in [0.25, 0.3) is 11.0 Å². The summed E-state index contributed by atoms with van der Waals surface area (Å²) in [6.07, 6.45) is 4.63. The zero-order valence-electron chi connectivity index (χ0n) is 9.28. The summed E-state index contributed by atoms with van der Waals surface area (Å²) in [4.78, 5) is 4.56. The molecular weight excluding hydrogens is 203 g/mol. The number of benzene rings is 1. The maximum absolute atomic E-state index is 13.1. The molecule has 0 N–H and O–H groups in total. The van der Waals surface area contributed by atoms with Crippen LogP contribution in [0.15, 0.2) is 18.2 Å². The van der Waals surface area contributed by atoms with Gasteiger partial charge in [0.2, 0.25) is 0 Å². The van der Waals surface area contributed by atoms with E-state index in [-0.39, 0.29) is 5.82 Å². The standard InChI is InChI=1S/C13H14FN2/c1-2-16-12-7-6-10(14)8-11(12)15-13(16)9-4-3-5-9/h4,6-9H,2-3,5H2,1H3. The van der Waals surface area contributed by atoms with E-state index in [0.717, 1.165) is 23.4 Å². The monoisotopic (exact) mass is 217 g/mol. The lowest BCUT2D eigenvalue weighted by Crippen LogP contribution is -2.15. The van der Waals surface area contributed by atoms with Gasteiger partial charge in [0.25, 0.3) is 0 Å². The first-order valence-electron chi connectivity index (χ1n) is 5.78. The van der Waals surface area contributed by atoms with E-state index in [9.17, 15) is 4.39 Å². The molecule has 1 atom stereocenters. The smallest absolute Gasteiger partial charge is 0.125 e. The van der Waals surface area contributed by atoms with E-state index < -0.39 is 0 Å². The fourth-order valence-corrected chi connectivity index (χ4v) is 2.30. The Balaban J connectivity index is 2.19. The molecule has 0 spiro atoms. The average molecular weight is 217 g/mol. The molecule has 1 heterocycles. The molecule has 1 aliphatic rings. The summed E-state index contributed by atoms with van der Waals surface area (Å²) in [6, 6.07) is 4.84. The molecule has 1 radical (unpaired) electrons. The molecule has 1 saturated carbocycles. The largest absolute Gasteiger partial charge is 0.328 e. The van der Waals surface area contributed by atoms with Gasteiger partial charge >= 0.3 is 0 Å². The highest BCUT2D eigenvalue weighted by atomic mass is 19.1. The van der Waals surface area contributed by atoms with Crippen molar-refractivity contribution in [3.8, 4) is 0 Å². The highest BCUT2D eigenvalue weighted by Crippen LogP contribution is 2.36. The Morgan fingerprint density at radius 2 is 2.31 bits per heavy atom. The number of hydrogen-bond acceptors (Lipinski definition) is 1. The Kier molecular flexibility index (Phi) is 2.20. The third-order valence-electron chi connectivity index (χ3n) is 3.32. The van der Waals surface area contributed by atoms with Crippen LogP contribution in [0.5, 0.6) is 0 Å². The van der Waals surface area contributed by atoms with Crippen LogP contribution < -0.4 is 0 Å². The number of halogens is 1. The zero-order valence-corrected chi connectivity index (χ0v) is 9.28. The van der Waals surface area contributed by atoms with Gasteiger partial charge in [-0.05, 0) is 38.3 Å². The van der Waals surface area contributed by atoms with Gasteiger partial charge in [-0.1, -0.05) is 0 Å². The number of aromatic nitrogens is 2. The maximum atomic E-state index is 13.1. The number of fused-ring (bicyclic) bond motifs is 1. The van der Waals surface area contributed by atoms with Gasteiger partial charge in [0.1, 0.15) is 11.6 Å². The topological polar surface area (TPSA) is 17.8 Å². The summed E-state index contributed by atoms with van der Waals surface area (Å²) in [5.74, 6) is 1.35. The van der Waals surface area contributed by atoms with Gasteiger partial charge in [0.05, 0.1) is 11.0 Å². The summed E-state index contributed by atoms with van der Waals surface area (Å²) < 4.78 is 15.3. The van der Waals surface area contributed by atoms with Gasteiger partial charge in [-0.15, -0.1) is 0 Å². The Labute approximate surface area is 94.1 Å². The Bertz CT molecular complexity index is 526. The van der Waals surface area contributed by atoms with Crippen LogP contribution in [-0.2, 0) is 6.54 Å². The minimum absolute atomic E-state index is 0.211. The quantitative estimate of drug-likeness (QED) is 0.754. The number of imidazole rings is 1. The summed E-state index contributed by atoms with van der Waals surface area (Å²) in [5, 5.41) is 0. The van der Waals surface area contributed by atoms with Gasteiger partial charge in [0.15, 0.2) is 0 Å². The normalized spacial score (nSPS) is 16.6. The number of aryl methyl sites for hydroxylation is 1. The van der Waals surface area contributed by atoms with E-state index >= 15 is 0 Å². The van der Waals surface area contributed by atoms with Crippen molar-refractivity contribution >= 4 is 11.0 Å². The van der Waals surface area contributed by atoms with E-state index in [1.165, 1.54) is 25.0 Å². The van der Waals surface area contributed by atoms with E-state index in [2.05, 4.69) is 22.9 Å². The van der Waals surface area contributed by atoms with Crippen LogP contribution in [0, 0.1) is 12.2 Å². The highest BCUT2D eigenvalue weighted by Gasteiger charge is 2.25. The predicted molar refractivity (Wildman–Crippen MR) is 61.6 cm³/mol. The van der Waals surface area contributed by atoms with Crippen molar-refractivity contribution in [2.24, 2.45) is 0 Å². The molecule has 16 heavy (non-hydrogen) atoms. The van der Waals surface area contributed by atoms with Crippen molar-refractivity contribution in [1.29, 1.82) is 0 Å². The first-order valence-corrected chi connectivity index (χ1v) is 5.78. The molecule has 1 unspecified atom stereocenters. The molecule has 0 aliphatic heterocycles. The van der Waals surface area contributed by atoms with Crippen LogP contribution in [0.1, 0.15) is 31.5 Å². The minimum Gasteiger partial charge on any atom is -0.328 e. The second-order valence-electron chi connectivity index (χ2n) is 4.27. The van der Waals surface area contributed by atoms with E-state index in [1.807, 2.05) is 6.07 Å². The van der Waals surface area contributed by atoms with Gasteiger partial charge in [-0.3, -0.25) is 0 Å². The zero-order chi connectivity index (χ0) is 11.1.